The summed E-state index contributed by atoms with van der Waals surface area (Å²) < 4.78 is 11.1. The van der Waals surface area contributed by atoms with Crippen LogP contribution in [0, 0.1) is 6.92 Å². The second kappa shape index (κ2) is 8.24. The van der Waals surface area contributed by atoms with Crippen molar-refractivity contribution in [3.05, 3.63) is 60.6 Å². The molecule has 1 fully saturated rings. The van der Waals surface area contributed by atoms with Gasteiger partial charge in [0.15, 0.2) is 0 Å². The lowest BCUT2D eigenvalue weighted by atomic mass is 10.0. The van der Waals surface area contributed by atoms with Crippen molar-refractivity contribution in [1.82, 2.24) is 15.0 Å². The van der Waals surface area contributed by atoms with Crippen molar-refractivity contribution >= 4 is 5.95 Å². The summed E-state index contributed by atoms with van der Waals surface area (Å²) >= 11 is 0. The Kier molecular flexibility index (Phi) is 5.37. The zero-order chi connectivity index (χ0) is 18.5. The van der Waals surface area contributed by atoms with Gasteiger partial charge in [0.2, 0.25) is 5.95 Å². The third-order valence-corrected chi connectivity index (χ3v) is 4.48. The highest BCUT2D eigenvalue weighted by Crippen LogP contribution is 2.30. The first-order valence-corrected chi connectivity index (χ1v) is 9.07. The van der Waals surface area contributed by atoms with Crippen LogP contribution in [0.4, 0.5) is 5.95 Å². The van der Waals surface area contributed by atoms with E-state index in [1.807, 2.05) is 18.3 Å². The Morgan fingerprint density at radius 2 is 1.85 bits per heavy atom. The molecule has 0 aliphatic carbocycles. The van der Waals surface area contributed by atoms with Gasteiger partial charge in [-0.15, -0.1) is 0 Å². The van der Waals surface area contributed by atoms with Gasteiger partial charge in [-0.1, -0.05) is 29.8 Å². The minimum atomic E-state index is 0.0186. The number of aromatic nitrogens is 3. The van der Waals surface area contributed by atoms with Gasteiger partial charge < -0.3 is 14.8 Å². The summed E-state index contributed by atoms with van der Waals surface area (Å²) in [6, 6.07) is 12.3. The van der Waals surface area contributed by atoms with Crippen LogP contribution in [-0.4, -0.2) is 47.4 Å². The van der Waals surface area contributed by atoms with E-state index in [4.69, 9.17) is 14.5 Å². The van der Waals surface area contributed by atoms with E-state index in [2.05, 4.69) is 46.5 Å². The quantitative estimate of drug-likeness (QED) is 0.751. The minimum Gasteiger partial charge on any atom is -0.376 e. The molecule has 3 aromatic rings. The van der Waals surface area contributed by atoms with Crippen LogP contribution in [0.1, 0.15) is 5.56 Å². The number of nitrogens with zero attached hydrogens (tertiary/aromatic N) is 3. The van der Waals surface area contributed by atoms with Crippen LogP contribution in [0.5, 0.6) is 0 Å². The molecular formula is C21H22N4O2. The Morgan fingerprint density at radius 1 is 1.04 bits per heavy atom. The lowest BCUT2D eigenvalue weighted by molar-refractivity contribution is -0.0819. The van der Waals surface area contributed by atoms with Crippen molar-refractivity contribution in [2.45, 2.75) is 13.0 Å². The van der Waals surface area contributed by atoms with Gasteiger partial charge >= 0.3 is 0 Å². The average molecular weight is 362 g/mol. The second-order valence-electron chi connectivity index (χ2n) is 6.51. The zero-order valence-electron chi connectivity index (χ0n) is 15.3. The normalized spacial score (nSPS) is 16.9. The maximum Gasteiger partial charge on any atom is 0.223 e. The average Bonchev–Trinajstić information content (AvgIpc) is 2.74. The Balaban J connectivity index is 1.64. The van der Waals surface area contributed by atoms with Crippen molar-refractivity contribution in [2.75, 3.05) is 31.7 Å². The highest BCUT2D eigenvalue weighted by Gasteiger charge is 2.16. The van der Waals surface area contributed by atoms with Crippen molar-refractivity contribution < 1.29 is 9.47 Å². The molecule has 0 radical (unpaired) electrons. The summed E-state index contributed by atoms with van der Waals surface area (Å²) in [5.41, 5.74) is 5.17. The van der Waals surface area contributed by atoms with Crippen LogP contribution in [0.25, 0.3) is 22.4 Å². The summed E-state index contributed by atoms with van der Waals surface area (Å²) in [5.74, 6) is 0.581. The summed E-state index contributed by atoms with van der Waals surface area (Å²) in [6.07, 6.45) is 5.43. The van der Waals surface area contributed by atoms with Gasteiger partial charge in [-0.3, -0.25) is 4.98 Å². The smallest absolute Gasteiger partial charge is 0.223 e. The van der Waals surface area contributed by atoms with Crippen molar-refractivity contribution in [1.29, 1.82) is 0 Å². The number of pyridine rings is 1. The van der Waals surface area contributed by atoms with Gasteiger partial charge in [-0.25, -0.2) is 9.97 Å². The van der Waals surface area contributed by atoms with Crippen molar-refractivity contribution in [2.24, 2.45) is 0 Å². The molecule has 6 nitrogen and oxygen atoms in total. The maximum absolute atomic E-state index is 5.67. The van der Waals surface area contributed by atoms with Crippen LogP contribution in [0.15, 0.2) is 55.0 Å². The highest BCUT2D eigenvalue weighted by atomic mass is 16.6. The predicted octanol–water partition coefficient (Wildman–Crippen LogP) is 3.34. The zero-order valence-corrected chi connectivity index (χ0v) is 15.3. The lowest BCUT2D eigenvalue weighted by Crippen LogP contribution is -2.34. The number of nitrogens with one attached hydrogen (secondary N) is 1. The fraction of sp³-hybridized carbons (Fsp3) is 0.286. The fourth-order valence-electron chi connectivity index (χ4n) is 3.00. The van der Waals surface area contributed by atoms with E-state index in [0.29, 0.717) is 32.3 Å². The first kappa shape index (κ1) is 17.6. The van der Waals surface area contributed by atoms with E-state index in [1.54, 1.807) is 12.4 Å². The molecule has 1 atom stereocenters. The van der Waals surface area contributed by atoms with Gasteiger partial charge in [0, 0.05) is 36.3 Å². The van der Waals surface area contributed by atoms with E-state index >= 15 is 0 Å². The summed E-state index contributed by atoms with van der Waals surface area (Å²) in [7, 11) is 0. The van der Waals surface area contributed by atoms with E-state index in [9.17, 15) is 0 Å². The lowest BCUT2D eigenvalue weighted by Gasteiger charge is -2.23. The van der Waals surface area contributed by atoms with Crippen LogP contribution in [0.3, 0.4) is 0 Å². The van der Waals surface area contributed by atoms with E-state index in [1.165, 1.54) is 5.56 Å². The third kappa shape index (κ3) is 4.30. The molecule has 1 aliphatic heterocycles. The summed E-state index contributed by atoms with van der Waals surface area (Å²) in [6.45, 7) is 4.57. The van der Waals surface area contributed by atoms with E-state index in [-0.39, 0.29) is 6.10 Å². The minimum absolute atomic E-state index is 0.0186. The molecule has 1 aromatic carbocycles. The monoisotopic (exact) mass is 362 g/mol. The van der Waals surface area contributed by atoms with Gasteiger partial charge in [-0.2, -0.15) is 0 Å². The number of hydrogen-bond donors (Lipinski definition) is 1. The molecule has 0 unspecified atom stereocenters. The van der Waals surface area contributed by atoms with Gasteiger partial charge in [-0.05, 0) is 24.6 Å². The Hall–Kier alpha value is -2.83. The molecule has 0 spiro atoms. The number of benzene rings is 1. The van der Waals surface area contributed by atoms with Crippen molar-refractivity contribution in [3.63, 3.8) is 0 Å². The maximum atomic E-state index is 5.67. The molecule has 4 rings (SSSR count). The third-order valence-electron chi connectivity index (χ3n) is 4.48. The van der Waals surface area contributed by atoms with Gasteiger partial charge in [0.05, 0.1) is 31.6 Å². The SMILES string of the molecule is Cc1ccc(-c2nc(NC[C@H]3COCCO3)ncc2-c2ccncc2)cc1. The van der Waals surface area contributed by atoms with E-state index in [0.717, 1.165) is 22.4 Å². The fourth-order valence-corrected chi connectivity index (χ4v) is 3.00. The summed E-state index contributed by atoms with van der Waals surface area (Å²) in [4.78, 5) is 13.4. The molecule has 0 bridgehead atoms. The topological polar surface area (TPSA) is 69.2 Å². The van der Waals surface area contributed by atoms with Crippen LogP contribution >= 0.6 is 0 Å². The number of ether oxygens (including phenoxy) is 2. The molecule has 2 aromatic heterocycles. The predicted molar refractivity (Wildman–Crippen MR) is 104 cm³/mol. The first-order valence-electron chi connectivity index (χ1n) is 9.07. The molecule has 6 heteroatoms. The van der Waals surface area contributed by atoms with Gasteiger partial charge in [0.1, 0.15) is 0 Å². The number of hydrogen-bond acceptors (Lipinski definition) is 6. The number of aryl methyl sites for hydroxylation is 1. The Labute approximate surface area is 158 Å². The van der Waals surface area contributed by atoms with Crippen molar-refractivity contribution in [3.8, 4) is 22.4 Å². The first-order chi connectivity index (χ1) is 13.3. The number of anilines is 1. The van der Waals surface area contributed by atoms with Crippen LogP contribution < -0.4 is 5.32 Å². The number of rotatable bonds is 5. The van der Waals surface area contributed by atoms with Gasteiger partial charge in [0.25, 0.3) is 0 Å². The second-order valence-corrected chi connectivity index (χ2v) is 6.51. The van der Waals surface area contributed by atoms with Crippen LogP contribution in [0.2, 0.25) is 0 Å². The standard InChI is InChI=1S/C21H22N4O2/c1-15-2-4-17(5-3-15)20-19(16-6-8-22-9-7-16)13-24-21(25-20)23-12-18-14-26-10-11-27-18/h2-9,13,18H,10-12,14H2,1H3,(H,23,24,25)/t18-/m0/s1. The molecular weight excluding hydrogens is 340 g/mol. The molecule has 0 amide bonds. The molecule has 1 saturated heterocycles. The molecule has 1 N–H and O–H groups in total. The van der Waals surface area contributed by atoms with Crippen LogP contribution in [-0.2, 0) is 9.47 Å². The molecule has 1 aliphatic rings. The Morgan fingerprint density at radius 3 is 2.59 bits per heavy atom. The molecule has 3 heterocycles. The largest absolute Gasteiger partial charge is 0.376 e. The van der Waals surface area contributed by atoms with E-state index < -0.39 is 0 Å². The summed E-state index contributed by atoms with van der Waals surface area (Å²) in [5, 5.41) is 3.28. The Bertz CT molecular complexity index is 878. The highest BCUT2D eigenvalue weighted by molar-refractivity contribution is 5.80. The molecule has 27 heavy (non-hydrogen) atoms. The molecule has 0 saturated carbocycles. The molecule has 138 valence electrons.